The lowest BCUT2D eigenvalue weighted by atomic mass is 10.1. The third-order valence-corrected chi connectivity index (χ3v) is 4.13. The molecule has 0 fully saturated rings. The summed E-state index contributed by atoms with van der Waals surface area (Å²) < 4.78 is 33.9. The number of nitrogens with one attached hydrogen (secondary N) is 1. The molecule has 1 amide bonds. The average molecular weight is 405 g/mol. The Morgan fingerprint density at radius 1 is 0.966 bits per heavy atom. The monoisotopic (exact) mass is 405 g/mol. The Morgan fingerprint density at radius 2 is 1.55 bits per heavy atom. The van der Waals surface area contributed by atoms with Gasteiger partial charge in [-0.15, -0.1) is 0 Å². The second kappa shape index (κ2) is 10.3. The molecule has 2 aromatic rings. The largest absolute Gasteiger partial charge is 0.493 e. The average Bonchev–Trinajstić information content (AvgIpc) is 2.72. The molecule has 0 spiro atoms. The molecule has 1 N–H and O–H groups in total. The number of benzene rings is 2. The predicted molar refractivity (Wildman–Crippen MR) is 104 cm³/mol. The van der Waals surface area contributed by atoms with Gasteiger partial charge in [-0.3, -0.25) is 9.59 Å². The van der Waals surface area contributed by atoms with Gasteiger partial charge in [-0.05, 0) is 42.3 Å². The zero-order chi connectivity index (χ0) is 21.4. The van der Waals surface area contributed by atoms with E-state index in [1.165, 1.54) is 40.4 Å². The van der Waals surface area contributed by atoms with Crippen LogP contribution < -0.4 is 19.5 Å². The number of carbonyl (C=O) groups excluding carboxylic acids is 2. The van der Waals surface area contributed by atoms with Gasteiger partial charge in [0.1, 0.15) is 5.82 Å². The summed E-state index contributed by atoms with van der Waals surface area (Å²) in [5, 5.41) is 2.64. The van der Waals surface area contributed by atoms with Crippen LogP contribution in [0.1, 0.15) is 18.1 Å². The molecule has 2 aromatic carbocycles. The van der Waals surface area contributed by atoms with Crippen LogP contribution in [0.3, 0.4) is 0 Å². The molecule has 156 valence electrons. The summed E-state index contributed by atoms with van der Waals surface area (Å²) in [6.45, 7) is 1.68. The van der Waals surface area contributed by atoms with Crippen molar-refractivity contribution in [3.63, 3.8) is 0 Å². The molecule has 1 unspecified atom stereocenters. The zero-order valence-corrected chi connectivity index (χ0v) is 16.8. The fourth-order valence-corrected chi connectivity index (χ4v) is 2.63. The Balaban J connectivity index is 1.93. The summed E-state index contributed by atoms with van der Waals surface area (Å²) >= 11 is 0. The van der Waals surface area contributed by atoms with E-state index in [1.54, 1.807) is 24.3 Å². The van der Waals surface area contributed by atoms with E-state index in [0.717, 1.165) is 5.56 Å². The van der Waals surface area contributed by atoms with Crippen LogP contribution in [0.15, 0.2) is 36.4 Å². The molecule has 0 radical (unpaired) electrons. The molecule has 0 saturated carbocycles. The van der Waals surface area contributed by atoms with Crippen molar-refractivity contribution >= 4 is 11.9 Å². The lowest BCUT2D eigenvalue weighted by molar-refractivity contribution is -0.154. The molecular weight excluding hydrogens is 381 g/mol. The molecule has 29 heavy (non-hydrogen) atoms. The highest BCUT2D eigenvalue weighted by Crippen LogP contribution is 2.38. The van der Waals surface area contributed by atoms with Gasteiger partial charge in [-0.1, -0.05) is 12.1 Å². The number of ether oxygens (including phenoxy) is 4. The number of methoxy groups -OCH3 is 3. The predicted octanol–water partition coefficient (Wildman–Crippen LogP) is 2.64. The molecular formula is C21H24FNO6. The number of hydrogen-bond acceptors (Lipinski definition) is 6. The molecule has 8 heteroatoms. The molecule has 0 saturated heterocycles. The van der Waals surface area contributed by atoms with Gasteiger partial charge < -0.3 is 24.3 Å². The van der Waals surface area contributed by atoms with Crippen molar-refractivity contribution in [2.75, 3.05) is 21.3 Å². The van der Waals surface area contributed by atoms with Crippen LogP contribution in [0.4, 0.5) is 4.39 Å². The highest BCUT2D eigenvalue weighted by molar-refractivity contribution is 5.84. The Labute approximate surface area is 168 Å². The molecule has 0 heterocycles. The first-order valence-electron chi connectivity index (χ1n) is 8.88. The summed E-state index contributed by atoms with van der Waals surface area (Å²) in [7, 11) is 4.44. The first-order chi connectivity index (χ1) is 13.9. The van der Waals surface area contributed by atoms with Crippen molar-refractivity contribution in [2.24, 2.45) is 0 Å². The maximum absolute atomic E-state index is 12.9. The number of carbonyl (C=O) groups is 2. The van der Waals surface area contributed by atoms with Crippen LogP contribution in [-0.4, -0.2) is 39.3 Å². The summed E-state index contributed by atoms with van der Waals surface area (Å²) in [6, 6.07) is 9.03. The molecule has 0 bridgehead atoms. The molecule has 0 aliphatic rings. The van der Waals surface area contributed by atoms with E-state index >= 15 is 0 Å². The quantitative estimate of drug-likeness (QED) is 0.646. The Bertz CT molecular complexity index is 828. The Morgan fingerprint density at radius 3 is 2.07 bits per heavy atom. The van der Waals surface area contributed by atoms with Gasteiger partial charge in [-0.25, -0.2) is 4.39 Å². The van der Waals surface area contributed by atoms with Crippen molar-refractivity contribution in [1.29, 1.82) is 0 Å². The number of rotatable bonds is 9. The van der Waals surface area contributed by atoms with Crippen molar-refractivity contribution in [3.05, 3.63) is 53.3 Å². The van der Waals surface area contributed by atoms with Crippen LogP contribution in [0.5, 0.6) is 17.2 Å². The third kappa shape index (κ3) is 6.10. The summed E-state index contributed by atoms with van der Waals surface area (Å²) in [4.78, 5) is 24.4. The van der Waals surface area contributed by atoms with Crippen LogP contribution in [0.25, 0.3) is 0 Å². The minimum atomic E-state index is -0.981. The van der Waals surface area contributed by atoms with E-state index in [-0.39, 0.29) is 18.8 Å². The second-order valence-electron chi connectivity index (χ2n) is 6.19. The smallest absolute Gasteiger partial charge is 0.311 e. The van der Waals surface area contributed by atoms with E-state index in [9.17, 15) is 14.0 Å². The zero-order valence-electron chi connectivity index (χ0n) is 16.8. The summed E-state index contributed by atoms with van der Waals surface area (Å²) in [6.07, 6.45) is -1.06. The minimum absolute atomic E-state index is 0.0771. The first-order valence-corrected chi connectivity index (χ1v) is 8.88. The Kier molecular flexibility index (Phi) is 7.82. The Hall–Kier alpha value is -3.29. The van der Waals surface area contributed by atoms with Gasteiger partial charge in [0.25, 0.3) is 5.91 Å². The van der Waals surface area contributed by atoms with Crippen molar-refractivity contribution < 1.29 is 32.9 Å². The second-order valence-corrected chi connectivity index (χ2v) is 6.19. The number of halogens is 1. The molecule has 0 aliphatic carbocycles. The molecule has 2 rings (SSSR count). The van der Waals surface area contributed by atoms with E-state index in [1.807, 2.05) is 0 Å². The number of hydrogen-bond donors (Lipinski definition) is 1. The molecule has 1 atom stereocenters. The van der Waals surface area contributed by atoms with Gasteiger partial charge in [-0.2, -0.15) is 0 Å². The van der Waals surface area contributed by atoms with Gasteiger partial charge in [0.15, 0.2) is 17.6 Å². The van der Waals surface area contributed by atoms with Crippen LogP contribution in [-0.2, 0) is 27.3 Å². The molecule has 0 aromatic heterocycles. The van der Waals surface area contributed by atoms with Crippen LogP contribution in [0.2, 0.25) is 0 Å². The summed E-state index contributed by atoms with van der Waals surface area (Å²) in [5.74, 6) is -0.134. The van der Waals surface area contributed by atoms with E-state index in [4.69, 9.17) is 18.9 Å². The van der Waals surface area contributed by atoms with Gasteiger partial charge in [0.2, 0.25) is 5.75 Å². The lowest BCUT2D eigenvalue weighted by Crippen LogP contribution is -2.35. The molecule has 7 nitrogen and oxygen atoms in total. The number of amides is 1. The van der Waals surface area contributed by atoms with Crippen LogP contribution in [0, 0.1) is 5.82 Å². The number of esters is 1. The van der Waals surface area contributed by atoms with Gasteiger partial charge in [0, 0.05) is 6.54 Å². The summed E-state index contributed by atoms with van der Waals surface area (Å²) in [5.41, 5.74) is 1.32. The maximum atomic E-state index is 12.9. The van der Waals surface area contributed by atoms with Crippen molar-refractivity contribution in [3.8, 4) is 17.2 Å². The first kappa shape index (κ1) is 22.0. The van der Waals surface area contributed by atoms with Crippen molar-refractivity contribution in [2.45, 2.75) is 26.0 Å². The van der Waals surface area contributed by atoms with E-state index in [0.29, 0.717) is 22.8 Å². The lowest BCUT2D eigenvalue weighted by Gasteiger charge is -2.15. The fourth-order valence-electron chi connectivity index (χ4n) is 2.63. The minimum Gasteiger partial charge on any atom is -0.493 e. The van der Waals surface area contributed by atoms with Gasteiger partial charge >= 0.3 is 5.97 Å². The van der Waals surface area contributed by atoms with Gasteiger partial charge in [0.05, 0.1) is 27.8 Å². The normalized spacial score (nSPS) is 11.3. The third-order valence-electron chi connectivity index (χ3n) is 4.13. The van der Waals surface area contributed by atoms with Crippen LogP contribution >= 0.6 is 0 Å². The highest BCUT2D eigenvalue weighted by Gasteiger charge is 2.20. The molecule has 0 aliphatic heterocycles. The topological polar surface area (TPSA) is 83.1 Å². The standard InChI is InChI=1S/C21H24FNO6/c1-13(21(25)23-12-14-5-7-16(22)8-6-14)29-19(24)11-15-9-17(26-2)20(28-4)18(10-15)27-3/h5-10,13H,11-12H2,1-4H3,(H,23,25). The SMILES string of the molecule is COc1cc(CC(=O)OC(C)C(=O)NCc2ccc(F)cc2)cc(OC)c1OC. The highest BCUT2D eigenvalue weighted by atomic mass is 19.1. The maximum Gasteiger partial charge on any atom is 0.311 e. The fraction of sp³-hybridized carbons (Fsp3) is 0.333. The van der Waals surface area contributed by atoms with E-state index < -0.39 is 18.0 Å². The van der Waals surface area contributed by atoms with Crippen molar-refractivity contribution in [1.82, 2.24) is 5.32 Å². The van der Waals surface area contributed by atoms with E-state index in [2.05, 4.69) is 5.32 Å².